The highest BCUT2D eigenvalue weighted by Crippen LogP contribution is 2.44. The van der Waals surface area contributed by atoms with Gasteiger partial charge in [-0.1, -0.05) is 96.6 Å². The molecule has 7 rings (SSSR count). The quantitative estimate of drug-likeness (QED) is 0.261. The minimum atomic E-state index is 0.0635. The minimum absolute atomic E-state index is 0.0635. The Morgan fingerprint density at radius 1 is 0.656 bits per heavy atom. The van der Waals surface area contributed by atoms with Crippen molar-refractivity contribution in [3.05, 3.63) is 114 Å². The molecule has 1 aliphatic heterocycles. The first-order valence-corrected chi connectivity index (χ1v) is 11.3. The molecule has 1 heterocycles. The van der Waals surface area contributed by atoms with Gasteiger partial charge < -0.3 is 4.74 Å². The van der Waals surface area contributed by atoms with Gasteiger partial charge in [0.2, 0.25) is 0 Å². The molecule has 0 aliphatic carbocycles. The van der Waals surface area contributed by atoms with Gasteiger partial charge in [0.1, 0.15) is 11.9 Å². The Labute approximate surface area is 187 Å². The van der Waals surface area contributed by atoms with Crippen LogP contribution in [0.2, 0.25) is 0 Å². The van der Waals surface area contributed by atoms with Crippen LogP contribution in [0.15, 0.2) is 97.1 Å². The Hall–Kier alpha value is -3.84. The van der Waals surface area contributed by atoms with Gasteiger partial charge in [0.05, 0.1) is 0 Å². The summed E-state index contributed by atoms with van der Waals surface area (Å²) in [5.74, 6) is 1.02. The van der Waals surface area contributed by atoms with Crippen molar-refractivity contribution in [3.8, 4) is 16.9 Å². The number of fused-ring (bicyclic) bond motifs is 1. The molecule has 0 spiro atoms. The highest BCUT2D eigenvalue weighted by atomic mass is 16.5. The summed E-state index contributed by atoms with van der Waals surface area (Å²) < 4.78 is 6.39. The second kappa shape index (κ2) is 6.58. The van der Waals surface area contributed by atoms with Gasteiger partial charge in [0.15, 0.2) is 0 Å². The largest absolute Gasteiger partial charge is 0.485 e. The molecule has 6 aromatic carbocycles. The first-order chi connectivity index (χ1) is 15.8. The third-order valence-corrected chi connectivity index (χ3v) is 7.05. The maximum Gasteiger partial charge on any atom is 0.128 e. The van der Waals surface area contributed by atoms with E-state index in [0.717, 1.165) is 12.2 Å². The lowest BCUT2D eigenvalue weighted by atomic mass is 9.87. The zero-order chi connectivity index (χ0) is 21.2. The number of hydrogen-bond acceptors (Lipinski definition) is 1. The molecule has 1 atom stereocenters. The van der Waals surface area contributed by atoms with Crippen molar-refractivity contribution in [1.82, 2.24) is 0 Å². The Morgan fingerprint density at radius 2 is 1.34 bits per heavy atom. The Balaban J connectivity index is 1.48. The van der Waals surface area contributed by atoms with Crippen LogP contribution in [-0.2, 0) is 6.42 Å². The monoisotopic (exact) mass is 410 g/mol. The Morgan fingerprint density at radius 3 is 2.16 bits per heavy atom. The van der Waals surface area contributed by atoms with Crippen molar-refractivity contribution in [2.24, 2.45) is 0 Å². The van der Waals surface area contributed by atoms with E-state index in [2.05, 4.69) is 104 Å². The lowest BCUT2D eigenvalue weighted by Gasteiger charge is -2.19. The molecule has 152 valence electrons. The molecule has 0 radical (unpaired) electrons. The summed E-state index contributed by atoms with van der Waals surface area (Å²) in [4.78, 5) is 0. The molecule has 1 heteroatoms. The number of ether oxygens (including phenoxy) is 1. The van der Waals surface area contributed by atoms with E-state index in [1.54, 1.807) is 0 Å². The second-order valence-corrected chi connectivity index (χ2v) is 8.97. The molecule has 0 bridgehead atoms. The van der Waals surface area contributed by atoms with Crippen LogP contribution >= 0.6 is 0 Å². The van der Waals surface area contributed by atoms with Crippen LogP contribution in [0, 0.1) is 6.92 Å². The van der Waals surface area contributed by atoms with E-state index in [-0.39, 0.29) is 6.10 Å². The zero-order valence-corrected chi connectivity index (χ0v) is 17.9. The zero-order valence-electron chi connectivity index (χ0n) is 17.9. The average Bonchev–Trinajstić information content (AvgIpc) is 3.27. The maximum absolute atomic E-state index is 6.39. The first-order valence-electron chi connectivity index (χ1n) is 11.3. The van der Waals surface area contributed by atoms with Crippen LogP contribution in [0.25, 0.3) is 43.4 Å². The van der Waals surface area contributed by atoms with Crippen LogP contribution in [-0.4, -0.2) is 0 Å². The lowest BCUT2D eigenvalue weighted by Crippen LogP contribution is -2.04. The summed E-state index contributed by atoms with van der Waals surface area (Å²) in [5.41, 5.74) is 6.42. The summed E-state index contributed by atoms with van der Waals surface area (Å²) in [6.07, 6.45) is 0.989. The van der Waals surface area contributed by atoms with Crippen LogP contribution in [0.1, 0.15) is 22.8 Å². The van der Waals surface area contributed by atoms with Crippen molar-refractivity contribution in [3.63, 3.8) is 0 Å². The van der Waals surface area contributed by atoms with Gasteiger partial charge in [0, 0.05) is 12.0 Å². The van der Waals surface area contributed by atoms with Crippen LogP contribution in [0.4, 0.5) is 0 Å². The topological polar surface area (TPSA) is 9.23 Å². The molecule has 0 fully saturated rings. The molecule has 0 N–H and O–H groups in total. The molecule has 6 aromatic rings. The fraction of sp³-hybridized carbons (Fsp3) is 0.0968. The summed E-state index contributed by atoms with van der Waals surface area (Å²) >= 11 is 0. The second-order valence-electron chi connectivity index (χ2n) is 8.97. The number of aryl methyl sites for hydroxylation is 1. The predicted octanol–water partition coefficient (Wildman–Crippen LogP) is 8.24. The van der Waals surface area contributed by atoms with E-state index < -0.39 is 0 Å². The normalized spacial score (nSPS) is 15.5. The fourth-order valence-electron chi connectivity index (χ4n) is 5.44. The number of rotatable bonds is 2. The Kier molecular flexibility index (Phi) is 3.66. The predicted molar refractivity (Wildman–Crippen MR) is 134 cm³/mol. The van der Waals surface area contributed by atoms with Crippen molar-refractivity contribution in [2.75, 3.05) is 0 Å². The molecule has 0 saturated carbocycles. The summed E-state index contributed by atoms with van der Waals surface area (Å²) in [5, 5.41) is 7.92. The van der Waals surface area contributed by atoms with Crippen LogP contribution < -0.4 is 4.74 Å². The summed E-state index contributed by atoms with van der Waals surface area (Å²) in [7, 11) is 0. The SMILES string of the molecule is Cc1ccc(-c2ccc3ccc4c(C5Cc6ccccc6O5)ccc5ccc2c3c54)cc1. The van der Waals surface area contributed by atoms with Crippen molar-refractivity contribution < 1.29 is 4.74 Å². The van der Waals surface area contributed by atoms with Crippen molar-refractivity contribution in [1.29, 1.82) is 0 Å². The van der Waals surface area contributed by atoms with Crippen molar-refractivity contribution >= 4 is 32.3 Å². The van der Waals surface area contributed by atoms with E-state index in [1.807, 2.05) is 0 Å². The van der Waals surface area contributed by atoms with Crippen LogP contribution in [0.3, 0.4) is 0 Å². The van der Waals surface area contributed by atoms with Gasteiger partial charge in [-0.2, -0.15) is 0 Å². The molecule has 1 nitrogen and oxygen atoms in total. The van der Waals surface area contributed by atoms with E-state index >= 15 is 0 Å². The third kappa shape index (κ3) is 2.51. The van der Waals surface area contributed by atoms with Gasteiger partial charge in [-0.15, -0.1) is 0 Å². The molecule has 0 saturated heterocycles. The first kappa shape index (κ1) is 17.8. The van der Waals surface area contributed by atoms with E-state index in [0.29, 0.717) is 0 Å². The van der Waals surface area contributed by atoms with Gasteiger partial charge in [-0.05, 0) is 62.0 Å². The van der Waals surface area contributed by atoms with E-state index in [9.17, 15) is 0 Å². The number of benzene rings is 6. The molecule has 1 unspecified atom stereocenters. The smallest absolute Gasteiger partial charge is 0.128 e. The lowest BCUT2D eigenvalue weighted by molar-refractivity contribution is 0.240. The van der Waals surface area contributed by atoms with Crippen LogP contribution in [0.5, 0.6) is 5.75 Å². The number of para-hydroxylation sites is 1. The molecule has 0 aromatic heterocycles. The molecular weight excluding hydrogens is 388 g/mol. The van der Waals surface area contributed by atoms with Crippen molar-refractivity contribution in [2.45, 2.75) is 19.4 Å². The van der Waals surface area contributed by atoms with Gasteiger partial charge >= 0.3 is 0 Å². The standard InChI is InChI=1S/C31H22O/c1-19-6-8-20(9-7-19)24-14-10-21-13-17-27-25(29-18-23-4-2-3-5-28(23)32-29)15-11-22-12-16-26(24)30(21)31(22)27/h2-17,29H,18H2,1H3. The third-order valence-electron chi connectivity index (χ3n) is 7.05. The maximum atomic E-state index is 6.39. The molecular formula is C31H22O. The fourth-order valence-corrected chi connectivity index (χ4v) is 5.44. The summed E-state index contributed by atoms with van der Waals surface area (Å²) in [6.45, 7) is 2.14. The summed E-state index contributed by atoms with van der Waals surface area (Å²) in [6, 6.07) is 35.5. The highest BCUT2D eigenvalue weighted by Gasteiger charge is 2.26. The number of hydrogen-bond donors (Lipinski definition) is 0. The minimum Gasteiger partial charge on any atom is -0.485 e. The van der Waals surface area contributed by atoms with Gasteiger partial charge in [-0.25, -0.2) is 0 Å². The highest BCUT2D eigenvalue weighted by molar-refractivity contribution is 6.26. The molecule has 1 aliphatic rings. The molecule has 32 heavy (non-hydrogen) atoms. The van der Waals surface area contributed by atoms with E-state index in [1.165, 1.54) is 60.1 Å². The molecule has 0 amide bonds. The average molecular weight is 411 g/mol. The Bertz CT molecular complexity index is 1600. The van der Waals surface area contributed by atoms with Gasteiger partial charge in [0.25, 0.3) is 0 Å². The van der Waals surface area contributed by atoms with Gasteiger partial charge in [-0.3, -0.25) is 0 Å². The van der Waals surface area contributed by atoms with E-state index in [4.69, 9.17) is 4.74 Å².